The maximum absolute atomic E-state index is 13.5. The van der Waals surface area contributed by atoms with E-state index in [1.54, 1.807) is 0 Å². The Hall–Kier alpha value is -0.330. The summed E-state index contributed by atoms with van der Waals surface area (Å²) >= 11 is 7.76. The van der Waals surface area contributed by atoms with E-state index in [0.29, 0.717) is 5.69 Å². The molecule has 0 saturated carbocycles. The zero-order chi connectivity index (χ0) is 10.1. The number of halogens is 3. The fourth-order valence-electron chi connectivity index (χ4n) is 0.962. The number of aromatic nitrogens is 2. The van der Waals surface area contributed by atoms with E-state index < -0.39 is 5.82 Å². The lowest BCUT2D eigenvalue weighted by Gasteiger charge is -1.98. The van der Waals surface area contributed by atoms with Crippen molar-refractivity contribution in [3.8, 4) is 10.6 Å². The number of hydrogen-bond acceptors (Lipinski definition) is 3. The Morgan fingerprint density at radius 3 is 2.64 bits per heavy atom. The molecule has 14 heavy (non-hydrogen) atoms. The van der Waals surface area contributed by atoms with Crippen molar-refractivity contribution in [1.29, 1.82) is 0 Å². The highest BCUT2D eigenvalue weighted by Crippen LogP contribution is 2.32. The van der Waals surface area contributed by atoms with Crippen molar-refractivity contribution in [3.63, 3.8) is 0 Å². The van der Waals surface area contributed by atoms with Gasteiger partial charge in [-0.1, -0.05) is 0 Å². The van der Waals surface area contributed by atoms with Crippen LogP contribution in [-0.2, 0) is 0 Å². The van der Waals surface area contributed by atoms with Gasteiger partial charge in [0.15, 0.2) is 5.82 Å². The maximum atomic E-state index is 13.5. The van der Waals surface area contributed by atoms with Crippen molar-refractivity contribution in [2.75, 3.05) is 0 Å². The van der Waals surface area contributed by atoms with Gasteiger partial charge >= 0.3 is 0 Å². The molecule has 0 amide bonds. The quantitative estimate of drug-likeness (QED) is 0.738. The summed E-state index contributed by atoms with van der Waals surface area (Å²) < 4.78 is 14.6. The smallest absolute Gasteiger partial charge is 0.183 e. The lowest BCUT2D eigenvalue weighted by molar-refractivity contribution is 0.609. The van der Waals surface area contributed by atoms with E-state index in [0.717, 1.165) is 8.66 Å². The standard InChI is InChI=1S/C8H3Br2FN2S/c9-5-2-1-4(14-5)7-6(11)8(10)13-3-12-7/h1-3H. The van der Waals surface area contributed by atoms with Crippen molar-refractivity contribution in [3.05, 3.63) is 32.7 Å². The zero-order valence-corrected chi connectivity index (χ0v) is 10.7. The normalized spacial score (nSPS) is 10.5. The Balaban J connectivity index is 2.57. The maximum Gasteiger partial charge on any atom is 0.183 e. The third-order valence-corrected chi connectivity index (χ3v) is 3.74. The Morgan fingerprint density at radius 2 is 2.00 bits per heavy atom. The van der Waals surface area contributed by atoms with Crippen molar-refractivity contribution in [2.24, 2.45) is 0 Å². The molecular weight excluding hydrogens is 335 g/mol. The second-order valence-corrected chi connectivity index (χ2v) is 5.64. The minimum absolute atomic E-state index is 0.187. The molecular formula is C8H3Br2FN2S. The first-order valence-corrected chi connectivity index (χ1v) is 6.00. The molecule has 0 aliphatic rings. The van der Waals surface area contributed by atoms with E-state index in [1.165, 1.54) is 17.7 Å². The molecule has 2 aromatic heterocycles. The Labute approximate surface area is 100 Å². The SMILES string of the molecule is Fc1c(Br)ncnc1-c1ccc(Br)s1. The summed E-state index contributed by atoms with van der Waals surface area (Å²) in [5.41, 5.74) is 0.322. The lowest BCUT2D eigenvalue weighted by Crippen LogP contribution is -1.90. The lowest BCUT2D eigenvalue weighted by atomic mass is 10.3. The third kappa shape index (κ3) is 1.87. The van der Waals surface area contributed by atoms with Crippen LogP contribution < -0.4 is 0 Å². The highest BCUT2D eigenvalue weighted by Gasteiger charge is 2.12. The minimum atomic E-state index is -0.429. The summed E-state index contributed by atoms with van der Waals surface area (Å²) in [5.74, 6) is -0.429. The number of nitrogens with zero attached hydrogens (tertiary/aromatic N) is 2. The van der Waals surface area contributed by atoms with Crippen molar-refractivity contribution < 1.29 is 4.39 Å². The monoisotopic (exact) mass is 336 g/mol. The van der Waals surface area contributed by atoms with Gasteiger partial charge in [-0.2, -0.15) is 0 Å². The summed E-state index contributed by atoms with van der Waals surface area (Å²) in [6.07, 6.45) is 1.33. The van der Waals surface area contributed by atoms with Gasteiger partial charge in [0, 0.05) is 0 Å². The molecule has 0 unspecified atom stereocenters. The van der Waals surface area contributed by atoms with Crippen LogP contribution in [0.4, 0.5) is 4.39 Å². The van der Waals surface area contributed by atoms with Crippen LogP contribution in [0.3, 0.4) is 0 Å². The molecule has 6 heteroatoms. The summed E-state index contributed by atoms with van der Waals surface area (Å²) in [4.78, 5) is 8.37. The molecule has 2 rings (SSSR count). The molecule has 0 aliphatic carbocycles. The van der Waals surface area contributed by atoms with Crippen molar-refractivity contribution in [1.82, 2.24) is 9.97 Å². The summed E-state index contributed by atoms with van der Waals surface area (Å²) in [7, 11) is 0. The molecule has 0 saturated heterocycles. The van der Waals surface area contributed by atoms with Crippen LogP contribution in [0.25, 0.3) is 10.6 Å². The van der Waals surface area contributed by atoms with Crippen molar-refractivity contribution in [2.45, 2.75) is 0 Å². The number of hydrogen-bond donors (Lipinski definition) is 0. The van der Waals surface area contributed by atoms with Crippen LogP contribution in [0, 0.1) is 5.82 Å². The van der Waals surface area contributed by atoms with E-state index in [-0.39, 0.29) is 4.60 Å². The van der Waals surface area contributed by atoms with E-state index >= 15 is 0 Å². The molecule has 0 radical (unpaired) electrons. The highest BCUT2D eigenvalue weighted by molar-refractivity contribution is 9.11. The van der Waals surface area contributed by atoms with Crippen LogP contribution in [-0.4, -0.2) is 9.97 Å². The average molecular weight is 338 g/mol. The van der Waals surface area contributed by atoms with E-state index in [9.17, 15) is 4.39 Å². The van der Waals surface area contributed by atoms with Gasteiger partial charge in [-0.3, -0.25) is 0 Å². The Bertz CT molecular complexity index is 472. The minimum Gasteiger partial charge on any atom is -0.232 e. The fraction of sp³-hybridized carbons (Fsp3) is 0. The highest BCUT2D eigenvalue weighted by atomic mass is 79.9. The van der Waals surface area contributed by atoms with Gasteiger partial charge in [-0.25, -0.2) is 14.4 Å². The summed E-state index contributed by atoms with van der Waals surface area (Å²) in [6.45, 7) is 0. The Morgan fingerprint density at radius 1 is 1.21 bits per heavy atom. The largest absolute Gasteiger partial charge is 0.232 e. The van der Waals surface area contributed by atoms with Gasteiger partial charge in [0.25, 0.3) is 0 Å². The predicted octanol–water partition coefficient (Wildman–Crippen LogP) is 3.87. The van der Waals surface area contributed by atoms with Crippen LogP contribution in [0.5, 0.6) is 0 Å². The van der Waals surface area contributed by atoms with Crippen LogP contribution in [0.2, 0.25) is 0 Å². The summed E-state index contributed by atoms with van der Waals surface area (Å²) in [6, 6.07) is 3.67. The van der Waals surface area contributed by atoms with E-state index in [2.05, 4.69) is 41.8 Å². The van der Waals surface area contributed by atoms with Gasteiger partial charge in [0.05, 0.1) is 8.66 Å². The number of thiophene rings is 1. The van der Waals surface area contributed by atoms with Crippen LogP contribution >= 0.6 is 43.2 Å². The summed E-state index contributed by atoms with van der Waals surface area (Å²) in [5, 5.41) is 0. The first kappa shape index (κ1) is 10.2. The molecule has 0 spiro atoms. The second-order valence-electron chi connectivity index (χ2n) is 2.43. The molecule has 72 valence electrons. The van der Waals surface area contributed by atoms with E-state index in [1.807, 2.05) is 12.1 Å². The molecule has 0 aliphatic heterocycles. The Kier molecular flexibility index (Phi) is 2.94. The fourth-order valence-corrected chi connectivity index (χ4v) is 2.62. The molecule has 0 aromatic carbocycles. The number of rotatable bonds is 1. The first-order valence-electron chi connectivity index (χ1n) is 3.60. The van der Waals surface area contributed by atoms with Gasteiger partial charge in [0.1, 0.15) is 16.6 Å². The predicted molar refractivity (Wildman–Crippen MR) is 60.7 cm³/mol. The molecule has 2 aromatic rings. The first-order chi connectivity index (χ1) is 6.68. The molecule has 2 nitrogen and oxygen atoms in total. The molecule has 0 bridgehead atoms. The van der Waals surface area contributed by atoms with Gasteiger partial charge in [-0.05, 0) is 44.0 Å². The molecule has 0 fully saturated rings. The van der Waals surface area contributed by atoms with Crippen molar-refractivity contribution >= 4 is 43.2 Å². The third-order valence-electron chi connectivity index (χ3n) is 1.55. The average Bonchev–Trinajstić information content (AvgIpc) is 2.57. The van der Waals surface area contributed by atoms with Crippen LogP contribution in [0.15, 0.2) is 26.8 Å². The van der Waals surface area contributed by atoms with Gasteiger partial charge < -0.3 is 0 Å². The topological polar surface area (TPSA) is 25.8 Å². The van der Waals surface area contributed by atoms with Gasteiger partial charge in [-0.15, -0.1) is 11.3 Å². The zero-order valence-electron chi connectivity index (χ0n) is 6.67. The molecule has 0 atom stereocenters. The second kappa shape index (κ2) is 4.04. The van der Waals surface area contributed by atoms with Gasteiger partial charge in [0.2, 0.25) is 0 Å². The van der Waals surface area contributed by atoms with Crippen LogP contribution in [0.1, 0.15) is 0 Å². The molecule has 2 heterocycles. The molecule has 0 N–H and O–H groups in total. The van der Waals surface area contributed by atoms with E-state index in [4.69, 9.17) is 0 Å².